The molecule has 0 aliphatic heterocycles. The standard InChI is InChI=1S/C14H20O7/c1-10(18)11-8-12(19-5-2-15)14(21-7-4-17)13(9-11)20-6-3-16/h8-9,15-17H,2-7H2,1H3. The van der Waals surface area contributed by atoms with Gasteiger partial charge in [-0.2, -0.15) is 0 Å². The molecule has 0 radical (unpaired) electrons. The molecule has 0 saturated heterocycles. The number of hydrogen-bond acceptors (Lipinski definition) is 7. The van der Waals surface area contributed by atoms with Crippen molar-refractivity contribution in [3.8, 4) is 17.2 Å². The van der Waals surface area contributed by atoms with Crippen molar-refractivity contribution in [1.82, 2.24) is 0 Å². The van der Waals surface area contributed by atoms with Gasteiger partial charge in [-0.25, -0.2) is 0 Å². The first-order chi connectivity index (χ1) is 10.1. The van der Waals surface area contributed by atoms with E-state index >= 15 is 0 Å². The number of carbonyl (C=O) groups is 1. The van der Waals surface area contributed by atoms with Crippen LogP contribution < -0.4 is 14.2 Å². The minimum Gasteiger partial charge on any atom is -0.487 e. The fourth-order valence-corrected chi connectivity index (χ4v) is 1.60. The number of hydrogen-bond donors (Lipinski definition) is 3. The number of aliphatic hydroxyl groups is 3. The molecule has 3 N–H and O–H groups in total. The van der Waals surface area contributed by atoms with Crippen molar-refractivity contribution < 1.29 is 34.3 Å². The summed E-state index contributed by atoms with van der Waals surface area (Å²) < 4.78 is 16.1. The Bertz CT molecular complexity index is 430. The molecule has 0 amide bonds. The second kappa shape index (κ2) is 9.17. The van der Waals surface area contributed by atoms with Gasteiger partial charge in [-0.15, -0.1) is 0 Å². The number of Topliss-reactive ketones (excluding diaryl/α,β-unsaturated/α-hetero) is 1. The van der Waals surface area contributed by atoms with Gasteiger partial charge in [0.05, 0.1) is 19.8 Å². The van der Waals surface area contributed by atoms with Crippen LogP contribution in [0.5, 0.6) is 17.2 Å². The number of aliphatic hydroxyl groups excluding tert-OH is 3. The number of ketones is 1. The lowest BCUT2D eigenvalue weighted by molar-refractivity contribution is 0.101. The third kappa shape index (κ3) is 5.22. The van der Waals surface area contributed by atoms with Crippen LogP contribution in [-0.2, 0) is 0 Å². The van der Waals surface area contributed by atoms with Gasteiger partial charge in [0.15, 0.2) is 17.3 Å². The van der Waals surface area contributed by atoms with E-state index in [1.807, 2.05) is 0 Å². The molecule has 7 nitrogen and oxygen atoms in total. The maximum atomic E-state index is 11.5. The maximum Gasteiger partial charge on any atom is 0.203 e. The highest BCUT2D eigenvalue weighted by Gasteiger charge is 2.17. The van der Waals surface area contributed by atoms with E-state index in [2.05, 4.69) is 0 Å². The van der Waals surface area contributed by atoms with Crippen molar-refractivity contribution in [3.05, 3.63) is 17.7 Å². The summed E-state index contributed by atoms with van der Waals surface area (Å²) in [4.78, 5) is 11.5. The van der Waals surface area contributed by atoms with Crippen molar-refractivity contribution in [3.63, 3.8) is 0 Å². The van der Waals surface area contributed by atoms with Crippen LogP contribution in [0.25, 0.3) is 0 Å². The molecule has 0 spiro atoms. The Morgan fingerprint density at radius 1 is 0.905 bits per heavy atom. The van der Waals surface area contributed by atoms with Crippen LogP contribution in [0.1, 0.15) is 17.3 Å². The molecule has 118 valence electrons. The van der Waals surface area contributed by atoms with Crippen molar-refractivity contribution in [2.45, 2.75) is 6.92 Å². The van der Waals surface area contributed by atoms with E-state index in [4.69, 9.17) is 29.5 Å². The summed E-state index contributed by atoms with van der Waals surface area (Å²) in [5, 5.41) is 26.6. The van der Waals surface area contributed by atoms with Gasteiger partial charge in [-0.3, -0.25) is 4.79 Å². The highest BCUT2D eigenvalue weighted by atomic mass is 16.5. The van der Waals surface area contributed by atoms with Gasteiger partial charge in [0, 0.05) is 5.56 Å². The summed E-state index contributed by atoms with van der Waals surface area (Å²) in [5.41, 5.74) is 0.354. The molecule has 0 fully saturated rings. The Balaban J connectivity index is 3.18. The predicted molar refractivity (Wildman–Crippen MR) is 74.2 cm³/mol. The first kappa shape index (κ1) is 17.2. The van der Waals surface area contributed by atoms with Crippen LogP contribution in [0.4, 0.5) is 0 Å². The van der Waals surface area contributed by atoms with Crippen LogP contribution in [0, 0.1) is 0 Å². The molecule has 0 bridgehead atoms. The summed E-state index contributed by atoms with van der Waals surface area (Å²) in [5.74, 6) is 0.499. The predicted octanol–water partition coefficient (Wildman–Crippen LogP) is 0.00250. The lowest BCUT2D eigenvalue weighted by Crippen LogP contribution is -2.10. The Hall–Kier alpha value is -1.83. The van der Waals surface area contributed by atoms with Gasteiger partial charge in [0.1, 0.15) is 19.8 Å². The Morgan fingerprint density at radius 2 is 1.33 bits per heavy atom. The first-order valence-corrected chi connectivity index (χ1v) is 6.54. The molecule has 0 aromatic heterocycles. The molecule has 0 aliphatic rings. The number of carbonyl (C=O) groups excluding carboxylic acids is 1. The Kier molecular flexibility index (Phi) is 7.52. The molecular formula is C14H20O7. The second-order valence-corrected chi connectivity index (χ2v) is 4.07. The van der Waals surface area contributed by atoms with Gasteiger partial charge < -0.3 is 29.5 Å². The highest BCUT2D eigenvalue weighted by Crippen LogP contribution is 2.39. The van der Waals surface area contributed by atoms with Crippen molar-refractivity contribution in [2.24, 2.45) is 0 Å². The number of ether oxygens (including phenoxy) is 3. The molecule has 0 atom stereocenters. The topological polar surface area (TPSA) is 105 Å². The quantitative estimate of drug-likeness (QED) is 0.522. The SMILES string of the molecule is CC(=O)c1cc(OCCO)c(OCCO)c(OCCO)c1. The lowest BCUT2D eigenvalue weighted by atomic mass is 10.1. The molecule has 1 rings (SSSR count). The van der Waals surface area contributed by atoms with Gasteiger partial charge in [-0.05, 0) is 19.1 Å². The average molecular weight is 300 g/mol. The van der Waals surface area contributed by atoms with E-state index in [9.17, 15) is 4.79 Å². The second-order valence-electron chi connectivity index (χ2n) is 4.07. The van der Waals surface area contributed by atoms with Crippen molar-refractivity contribution in [2.75, 3.05) is 39.6 Å². The number of benzene rings is 1. The summed E-state index contributed by atoms with van der Waals surface area (Å²) in [6.45, 7) is 0.868. The fourth-order valence-electron chi connectivity index (χ4n) is 1.60. The zero-order chi connectivity index (χ0) is 15.7. The molecule has 1 aromatic rings. The summed E-state index contributed by atoms with van der Waals surface area (Å²) >= 11 is 0. The molecule has 7 heteroatoms. The van der Waals surface area contributed by atoms with Gasteiger partial charge in [0.2, 0.25) is 5.75 Å². The minimum absolute atomic E-state index is 0.0182. The Morgan fingerprint density at radius 3 is 1.71 bits per heavy atom. The monoisotopic (exact) mass is 300 g/mol. The van der Waals surface area contributed by atoms with E-state index in [0.717, 1.165) is 0 Å². The van der Waals surface area contributed by atoms with Gasteiger partial charge >= 0.3 is 0 Å². The molecule has 0 saturated carbocycles. The van der Waals surface area contributed by atoms with Crippen LogP contribution >= 0.6 is 0 Å². The minimum atomic E-state index is -0.201. The molecule has 0 heterocycles. The third-order valence-corrected chi connectivity index (χ3v) is 2.46. The van der Waals surface area contributed by atoms with Crippen LogP contribution in [0.15, 0.2) is 12.1 Å². The van der Waals surface area contributed by atoms with Gasteiger partial charge in [-0.1, -0.05) is 0 Å². The summed E-state index contributed by atoms with van der Waals surface area (Å²) in [6, 6.07) is 2.97. The van der Waals surface area contributed by atoms with Crippen LogP contribution in [0.2, 0.25) is 0 Å². The number of rotatable bonds is 10. The maximum absolute atomic E-state index is 11.5. The molecule has 0 unspecified atom stereocenters. The van der Waals surface area contributed by atoms with Gasteiger partial charge in [0.25, 0.3) is 0 Å². The zero-order valence-corrected chi connectivity index (χ0v) is 11.9. The summed E-state index contributed by atoms with van der Waals surface area (Å²) in [7, 11) is 0. The smallest absolute Gasteiger partial charge is 0.203 e. The Labute approximate surface area is 122 Å². The van der Waals surface area contributed by atoms with Crippen LogP contribution in [0.3, 0.4) is 0 Å². The van der Waals surface area contributed by atoms with E-state index < -0.39 is 0 Å². The molecular weight excluding hydrogens is 280 g/mol. The largest absolute Gasteiger partial charge is 0.487 e. The molecule has 21 heavy (non-hydrogen) atoms. The lowest BCUT2D eigenvalue weighted by Gasteiger charge is -2.17. The summed E-state index contributed by atoms with van der Waals surface area (Å²) in [6.07, 6.45) is 0. The van der Waals surface area contributed by atoms with E-state index in [1.165, 1.54) is 19.1 Å². The zero-order valence-electron chi connectivity index (χ0n) is 11.9. The fraction of sp³-hybridized carbons (Fsp3) is 0.500. The van der Waals surface area contributed by atoms with E-state index in [1.54, 1.807) is 0 Å². The molecule has 1 aromatic carbocycles. The highest BCUT2D eigenvalue weighted by molar-refractivity contribution is 5.95. The first-order valence-electron chi connectivity index (χ1n) is 6.54. The third-order valence-electron chi connectivity index (χ3n) is 2.46. The van der Waals surface area contributed by atoms with Crippen molar-refractivity contribution in [1.29, 1.82) is 0 Å². The van der Waals surface area contributed by atoms with Crippen LogP contribution in [-0.4, -0.2) is 60.7 Å². The average Bonchev–Trinajstić information content (AvgIpc) is 2.48. The van der Waals surface area contributed by atoms with E-state index in [0.29, 0.717) is 5.56 Å². The van der Waals surface area contributed by atoms with Crippen molar-refractivity contribution >= 4 is 5.78 Å². The van der Waals surface area contributed by atoms with E-state index in [-0.39, 0.29) is 62.7 Å². The molecule has 0 aliphatic carbocycles. The normalized spacial score (nSPS) is 10.3.